The van der Waals surface area contributed by atoms with E-state index in [0.717, 1.165) is 19.3 Å². The second kappa shape index (κ2) is 4.85. The molecule has 1 aromatic heterocycles. The molecule has 0 aliphatic heterocycles. The molecule has 102 valence electrons. The van der Waals surface area contributed by atoms with Crippen LogP contribution in [0.15, 0.2) is 4.52 Å². The van der Waals surface area contributed by atoms with Crippen LogP contribution in [0.1, 0.15) is 31.0 Å². The summed E-state index contributed by atoms with van der Waals surface area (Å²) in [5.74, 6) is 0.553. The predicted molar refractivity (Wildman–Crippen MR) is 54.6 cm³/mol. The Morgan fingerprint density at radius 1 is 1.44 bits per heavy atom. The van der Waals surface area contributed by atoms with E-state index in [2.05, 4.69) is 15.5 Å². The van der Waals surface area contributed by atoms with Crippen LogP contribution in [0.25, 0.3) is 0 Å². The van der Waals surface area contributed by atoms with Crippen LogP contribution in [0.2, 0.25) is 0 Å². The van der Waals surface area contributed by atoms with E-state index in [1.54, 1.807) is 7.11 Å². The number of halogens is 3. The maximum atomic E-state index is 11.9. The van der Waals surface area contributed by atoms with E-state index in [1.807, 2.05) is 0 Å². The first-order valence-electron chi connectivity index (χ1n) is 5.61. The molecule has 1 fully saturated rings. The molecule has 0 saturated heterocycles. The van der Waals surface area contributed by atoms with Crippen LogP contribution < -0.4 is 5.32 Å². The summed E-state index contributed by atoms with van der Waals surface area (Å²) in [7, 11) is 1.57. The van der Waals surface area contributed by atoms with Gasteiger partial charge in [-0.3, -0.25) is 0 Å². The van der Waals surface area contributed by atoms with Crippen molar-refractivity contribution in [1.82, 2.24) is 15.5 Å². The summed E-state index contributed by atoms with van der Waals surface area (Å²) in [6.45, 7) is -1.19. The third-order valence-corrected chi connectivity index (χ3v) is 3.03. The molecule has 0 atom stereocenters. The summed E-state index contributed by atoms with van der Waals surface area (Å²) < 4.78 is 46.0. The molecule has 5 nitrogen and oxygen atoms in total. The maximum absolute atomic E-state index is 11.9. The molecule has 1 saturated carbocycles. The van der Waals surface area contributed by atoms with Crippen LogP contribution in [-0.2, 0) is 16.9 Å². The van der Waals surface area contributed by atoms with Crippen molar-refractivity contribution in [3.8, 4) is 0 Å². The highest BCUT2D eigenvalue weighted by atomic mass is 19.4. The van der Waals surface area contributed by atoms with Gasteiger partial charge in [-0.25, -0.2) is 0 Å². The SMILES string of the molecule is COC1(c2noc(CNCC(F)(F)F)n2)CCC1. The van der Waals surface area contributed by atoms with Crippen molar-refractivity contribution in [3.05, 3.63) is 11.7 Å². The highest BCUT2D eigenvalue weighted by molar-refractivity contribution is 5.06. The van der Waals surface area contributed by atoms with Gasteiger partial charge >= 0.3 is 6.18 Å². The van der Waals surface area contributed by atoms with Gasteiger partial charge in [-0.05, 0) is 19.3 Å². The van der Waals surface area contributed by atoms with Crippen molar-refractivity contribution >= 4 is 0 Å². The summed E-state index contributed by atoms with van der Waals surface area (Å²) in [5.41, 5.74) is -0.508. The number of hydrogen-bond donors (Lipinski definition) is 1. The van der Waals surface area contributed by atoms with Gasteiger partial charge in [0.2, 0.25) is 11.7 Å². The Labute approximate surface area is 102 Å². The molecule has 2 rings (SSSR count). The molecule has 1 aliphatic rings. The minimum absolute atomic E-state index is 0.105. The number of rotatable bonds is 5. The molecule has 1 aromatic rings. The summed E-state index contributed by atoms with van der Waals surface area (Å²) in [4.78, 5) is 4.06. The van der Waals surface area contributed by atoms with Crippen LogP contribution in [0.3, 0.4) is 0 Å². The van der Waals surface area contributed by atoms with E-state index >= 15 is 0 Å². The number of aromatic nitrogens is 2. The molecule has 0 bridgehead atoms. The first-order valence-corrected chi connectivity index (χ1v) is 5.61. The van der Waals surface area contributed by atoms with E-state index in [9.17, 15) is 13.2 Å². The van der Waals surface area contributed by atoms with Crippen LogP contribution >= 0.6 is 0 Å². The summed E-state index contributed by atoms with van der Waals surface area (Å²) in [5, 5.41) is 5.96. The van der Waals surface area contributed by atoms with E-state index in [1.165, 1.54) is 0 Å². The van der Waals surface area contributed by atoms with Gasteiger partial charge in [-0.15, -0.1) is 0 Å². The highest BCUT2D eigenvalue weighted by Gasteiger charge is 2.43. The third kappa shape index (κ3) is 2.81. The minimum atomic E-state index is -4.25. The van der Waals surface area contributed by atoms with Crippen LogP contribution in [-0.4, -0.2) is 30.0 Å². The lowest BCUT2D eigenvalue weighted by atomic mass is 9.79. The molecule has 0 spiro atoms. The summed E-state index contributed by atoms with van der Waals surface area (Å²) >= 11 is 0. The molecule has 1 N–H and O–H groups in total. The van der Waals surface area contributed by atoms with Gasteiger partial charge in [-0.2, -0.15) is 18.2 Å². The number of methoxy groups -OCH3 is 1. The first kappa shape index (κ1) is 13.3. The molecule has 1 heterocycles. The Morgan fingerprint density at radius 3 is 2.67 bits per heavy atom. The van der Waals surface area contributed by atoms with Gasteiger partial charge < -0.3 is 14.6 Å². The van der Waals surface area contributed by atoms with Gasteiger partial charge in [0.25, 0.3) is 0 Å². The van der Waals surface area contributed by atoms with Crippen LogP contribution in [0.4, 0.5) is 13.2 Å². The van der Waals surface area contributed by atoms with Gasteiger partial charge in [0.15, 0.2) is 0 Å². The lowest BCUT2D eigenvalue weighted by Crippen LogP contribution is -2.37. The van der Waals surface area contributed by atoms with Gasteiger partial charge in [0.05, 0.1) is 13.1 Å². The molecule has 0 radical (unpaired) electrons. The molecule has 8 heteroatoms. The second-order valence-corrected chi connectivity index (χ2v) is 4.28. The molecule has 0 amide bonds. The Bertz CT molecular complexity index is 396. The Morgan fingerprint density at radius 2 is 2.17 bits per heavy atom. The summed E-state index contributed by atoms with van der Waals surface area (Å²) in [6.07, 6.45) is -1.62. The van der Waals surface area contributed by atoms with E-state index in [4.69, 9.17) is 9.26 Å². The largest absolute Gasteiger partial charge is 0.401 e. The normalized spacial score (nSPS) is 18.7. The maximum Gasteiger partial charge on any atom is 0.401 e. The zero-order valence-electron chi connectivity index (χ0n) is 9.88. The predicted octanol–water partition coefficient (Wildman–Crippen LogP) is 1.75. The number of nitrogens with one attached hydrogen (secondary N) is 1. The molecule has 1 aliphatic carbocycles. The second-order valence-electron chi connectivity index (χ2n) is 4.28. The monoisotopic (exact) mass is 265 g/mol. The average molecular weight is 265 g/mol. The smallest absolute Gasteiger partial charge is 0.370 e. The van der Waals surface area contributed by atoms with Crippen molar-refractivity contribution in [2.24, 2.45) is 0 Å². The third-order valence-electron chi connectivity index (χ3n) is 3.03. The van der Waals surface area contributed by atoms with Gasteiger partial charge in [0.1, 0.15) is 5.60 Å². The fraction of sp³-hybridized carbons (Fsp3) is 0.800. The average Bonchev–Trinajstić information content (AvgIpc) is 2.64. The molecular weight excluding hydrogens is 251 g/mol. The van der Waals surface area contributed by atoms with Gasteiger partial charge in [0, 0.05) is 7.11 Å². The van der Waals surface area contributed by atoms with Crippen molar-refractivity contribution in [3.63, 3.8) is 0 Å². The quantitative estimate of drug-likeness (QED) is 0.878. The van der Waals surface area contributed by atoms with E-state index in [-0.39, 0.29) is 12.4 Å². The van der Waals surface area contributed by atoms with E-state index < -0.39 is 18.3 Å². The van der Waals surface area contributed by atoms with Gasteiger partial charge in [-0.1, -0.05) is 5.16 Å². The standard InChI is InChI=1S/C10H14F3N3O2/c1-17-9(3-2-4-9)8-15-7(18-16-8)5-14-6-10(11,12)13/h14H,2-6H2,1H3. The van der Waals surface area contributed by atoms with Crippen molar-refractivity contribution in [2.45, 2.75) is 37.6 Å². The Balaban J connectivity index is 1.90. The van der Waals surface area contributed by atoms with Crippen molar-refractivity contribution in [1.29, 1.82) is 0 Å². The molecular formula is C10H14F3N3O2. The minimum Gasteiger partial charge on any atom is -0.370 e. The fourth-order valence-electron chi connectivity index (χ4n) is 1.84. The zero-order chi connectivity index (χ0) is 13.2. The highest BCUT2D eigenvalue weighted by Crippen LogP contribution is 2.42. The number of alkyl halides is 3. The van der Waals surface area contributed by atoms with Crippen molar-refractivity contribution in [2.75, 3.05) is 13.7 Å². The molecule has 0 aromatic carbocycles. The zero-order valence-corrected chi connectivity index (χ0v) is 9.88. The Kier molecular flexibility index (Phi) is 3.58. The lowest BCUT2D eigenvalue weighted by Gasteiger charge is -2.37. The van der Waals surface area contributed by atoms with Crippen molar-refractivity contribution < 1.29 is 22.4 Å². The molecule has 18 heavy (non-hydrogen) atoms. The lowest BCUT2D eigenvalue weighted by molar-refractivity contribution is -0.125. The number of nitrogens with zero attached hydrogens (tertiary/aromatic N) is 2. The topological polar surface area (TPSA) is 60.2 Å². The van der Waals surface area contributed by atoms with Crippen LogP contribution in [0.5, 0.6) is 0 Å². The van der Waals surface area contributed by atoms with E-state index in [0.29, 0.717) is 5.82 Å². The summed E-state index contributed by atoms with van der Waals surface area (Å²) in [6, 6.07) is 0. The fourth-order valence-corrected chi connectivity index (χ4v) is 1.84. The first-order chi connectivity index (χ1) is 8.45. The number of ether oxygens (including phenoxy) is 1. The van der Waals surface area contributed by atoms with Crippen LogP contribution in [0, 0.1) is 0 Å². The number of hydrogen-bond acceptors (Lipinski definition) is 5. The Hall–Kier alpha value is -1.15. The molecule has 0 unspecified atom stereocenters.